The Hall–Kier alpha value is -0.0800. The molecule has 18 heavy (non-hydrogen) atoms. The van der Waals surface area contributed by atoms with E-state index in [2.05, 4.69) is 37.9 Å². The molecule has 1 saturated carbocycles. The van der Waals surface area contributed by atoms with E-state index in [1.807, 2.05) is 0 Å². The smallest absolute Gasteiger partial charge is 0.00528 e. The predicted octanol–water partition coefficient (Wildman–Crippen LogP) is 3.67. The zero-order valence-electron chi connectivity index (χ0n) is 13.1. The third-order valence-corrected chi connectivity index (χ3v) is 4.37. The maximum Gasteiger partial charge on any atom is 0.00528 e. The van der Waals surface area contributed by atoms with Gasteiger partial charge in [-0.05, 0) is 58.0 Å². The van der Waals surface area contributed by atoms with E-state index in [1.54, 1.807) is 0 Å². The predicted molar refractivity (Wildman–Crippen MR) is 81.1 cm³/mol. The molecular formula is C16H34N2. The first-order valence-corrected chi connectivity index (χ1v) is 8.08. The molecular weight excluding hydrogens is 220 g/mol. The van der Waals surface area contributed by atoms with Crippen LogP contribution < -0.4 is 5.32 Å². The fraction of sp³-hybridized carbons (Fsp3) is 1.00. The van der Waals surface area contributed by atoms with Gasteiger partial charge < -0.3 is 10.2 Å². The van der Waals surface area contributed by atoms with Gasteiger partial charge in [-0.25, -0.2) is 0 Å². The molecule has 0 atom stereocenters. The lowest BCUT2D eigenvalue weighted by atomic mass is 9.85. The highest BCUT2D eigenvalue weighted by atomic mass is 15.2. The molecule has 1 N–H and O–H groups in total. The summed E-state index contributed by atoms with van der Waals surface area (Å²) in [6.45, 7) is 14.2. The zero-order valence-corrected chi connectivity index (χ0v) is 13.1. The standard InChI is InChI=1S/C16H34N2/c1-5-11-17-13-16(9-7-8-10-16)14-18(12-6-2)15(3)4/h15,17H,5-14H2,1-4H3. The van der Waals surface area contributed by atoms with E-state index >= 15 is 0 Å². The van der Waals surface area contributed by atoms with Crippen molar-refractivity contribution in [2.24, 2.45) is 5.41 Å². The van der Waals surface area contributed by atoms with E-state index in [4.69, 9.17) is 0 Å². The Bertz CT molecular complexity index is 207. The van der Waals surface area contributed by atoms with Crippen molar-refractivity contribution in [1.82, 2.24) is 10.2 Å². The van der Waals surface area contributed by atoms with Crippen LogP contribution in [-0.2, 0) is 0 Å². The molecule has 1 aliphatic rings. The molecule has 0 amide bonds. The minimum Gasteiger partial charge on any atom is -0.316 e. The van der Waals surface area contributed by atoms with Crippen LogP contribution in [0.1, 0.15) is 66.2 Å². The van der Waals surface area contributed by atoms with Crippen LogP contribution in [0.4, 0.5) is 0 Å². The second-order valence-corrected chi connectivity index (χ2v) is 6.45. The summed E-state index contributed by atoms with van der Waals surface area (Å²) >= 11 is 0. The van der Waals surface area contributed by atoms with Crippen LogP contribution in [0.15, 0.2) is 0 Å². The molecule has 0 aromatic carbocycles. The molecule has 0 spiro atoms. The number of nitrogens with one attached hydrogen (secondary N) is 1. The lowest BCUT2D eigenvalue weighted by Crippen LogP contribution is -2.45. The topological polar surface area (TPSA) is 15.3 Å². The Kier molecular flexibility index (Phi) is 7.25. The van der Waals surface area contributed by atoms with Gasteiger partial charge in [0.25, 0.3) is 0 Å². The van der Waals surface area contributed by atoms with Crippen molar-refractivity contribution >= 4 is 0 Å². The van der Waals surface area contributed by atoms with Crippen molar-refractivity contribution in [2.45, 2.75) is 72.3 Å². The van der Waals surface area contributed by atoms with Gasteiger partial charge in [0.15, 0.2) is 0 Å². The molecule has 0 aliphatic heterocycles. The van der Waals surface area contributed by atoms with Gasteiger partial charge in [0, 0.05) is 19.1 Å². The fourth-order valence-corrected chi connectivity index (χ4v) is 3.28. The van der Waals surface area contributed by atoms with E-state index in [-0.39, 0.29) is 0 Å². The average molecular weight is 254 g/mol. The quantitative estimate of drug-likeness (QED) is 0.632. The molecule has 2 nitrogen and oxygen atoms in total. The van der Waals surface area contributed by atoms with Crippen molar-refractivity contribution in [3.05, 3.63) is 0 Å². The summed E-state index contributed by atoms with van der Waals surface area (Å²) in [6, 6.07) is 0.689. The molecule has 0 aromatic heterocycles. The van der Waals surface area contributed by atoms with Gasteiger partial charge in [0.1, 0.15) is 0 Å². The lowest BCUT2D eigenvalue weighted by Gasteiger charge is -2.38. The second kappa shape index (κ2) is 8.16. The lowest BCUT2D eigenvalue weighted by molar-refractivity contribution is 0.121. The highest BCUT2D eigenvalue weighted by Crippen LogP contribution is 2.38. The van der Waals surface area contributed by atoms with Crippen LogP contribution in [0.2, 0.25) is 0 Å². The number of nitrogens with zero attached hydrogens (tertiary/aromatic N) is 1. The molecule has 1 aliphatic carbocycles. The van der Waals surface area contributed by atoms with E-state index in [0.29, 0.717) is 11.5 Å². The first-order chi connectivity index (χ1) is 8.63. The molecule has 0 radical (unpaired) electrons. The monoisotopic (exact) mass is 254 g/mol. The minimum atomic E-state index is 0.564. The Labute approximate surface area is 115 Å². The first-order valence-electron chi connectivity index (χ1n) is 8.08. The number of rotatable bonds is 9. The fourth-order valence-electron chi connectivity index (χ4n) is 3.28. The Balaban J connectivity index is 2.54. The van der Waals surface area contributed by atoms with E-state index in [9.17, 15) is 0 Å². The Morgan fingerprint density at radius 1 is 1.11 bits per heavy atom. The van der Waals surface area contributed by atoms with Crippen LogP contribution in [0.3, 0.4) is 0 Å². The van der Waals surface area contributed by atoms with E-state index in [0.717, 1.165) is 0 Å². The highest BCUT2D eigenvalue weighted by molar-refractivity contribution is 4.90. The molecule has 0 unspecified atom stereocenters. The maximum atomic E-state index is 3.68. The third kappa shape index (κ3) is 4.89. The van der Waals surface area contributed by atoms with Crippen LogP contribution in [0.5, 0.6) is 0 Å². The van der Waals surface area contributed by atoms with E-state index in [1.165, 1.54) is 64.7 Å². The van der Waals surface area contributed by atoms with Crippen molar-refractivity contribution in [1.29, 1.82) is 0 Å². The van der Waals surface area contributed by atoms with Gasteiger partial charge in [-0.2, -0.15) is 0 Å². The molecule has 108 valence electrons. The zero-order chi connectivity index (χ0) is 13.4. The molecule has 0 saturated heterocycles. The highest BCUT2D eigenvalue weighted by Gasteiger charge is 2.35. The van der Waals surface area contributed by atoms with Crippen LogP contribution >= 0.6 is 0 Å². The van der Waals surface area contributed by atoms with Crippen LogP contribution in [0, 0.1) is 5.41 Å². The van der Waals surface area contributed by atoms with Gasteiger partial charge >= 0.3 is 0 Å². The summed E-state index contributed by atoms with van der Waals surface area (Å²) in [5.74, 6) is 0. The van der Waals surface area contributed by atoms with Gasteiger partial charge in [-0.3, -0.25) is 0 Å². The second-order valence-electron chi connectivity index (χ2n) is 6.45. The van der Waals surface area contributed by atoms with Gasteiger partial charge in [0.05, 0.1) is 0 Å². The van der Waals surface area contributed by atoms with Crippen molar-refractivity contribution in [3.63, 3.8) is 0 Å². The molecule has 0 heterocycles. The third-order valence-electron chi connectivity index (χ3n) is 4.37. The SMILES string of the molecule is CCCNCC1(CN(CCC)C(C)C)CCCC1. The van der Waals surface area contributed by atoms with Gasteiger partial charge in [0.2, 0.25) is 0 Å². The summed E-state index contributed by atoms with van der Waals surface area (Å²) < 4.78 is 0. The molecule has 0 bridgehead atoms. The normalized spacial score (nSPS) is 19.0. The van der Waals surface area contributed by atoms with Crippen molar-refractivity contribution in [3.8, 4) is 0 Å². The minimum absolute atomic E-state index is 0.564. The van der Waals surface area contributed by atoms with Crippen LogP contribution in [0.25, 0.3) is 0 Å². The number of hydrogen-bond acceptors (Lipinski definition) is 2. The Morgan fingerprint density at radius 2 is 1.78 bits per heavy atom. The summed E-state index contributed by atoms with van der Waals surface area (Å²) in [7, 11) is 0. The first kappa shape index (κ1) is 16.0. The summed E-state index contributed by atoms with van der Waals surface area (Å²) in [6.07, 6.45) is 8.25. The Morgan fingerprint density at radius 3 is 2.28 bits per heavy atom. The molecule has 1 fully saturated rings. The average Bonchev–Trinajstić information content (AvgIpc) is 2.78. The van der Waals surface area contributed by atoms with Gasteiger partial charge in [-0.1, -0.05) is 26.7 Å². The van der Waals surface area contributed by atoms with Crippen LogP contribution in [-0.4, -0.2) is 37.1 Å². The summed E-state index contributed by atoms with van der Waals surface area (Å²) in [5.41, 5.74) is 0.564. The summed E-state index contributed by atoms with van der Waals surface area (Å²) in [4.78, 5) is 2.69. The molecule has 1 rings (SSSR count). The van der Waals surface area contributed by atoms with Crippen molar-refractivity contribution < 1.29 is 0 Å². The van der Waals surface area contributed by atoms with Gasteiger partial charge in [-0.15, -0.1) is 0 Å². The van der Waals surface area contributed by atoms with Crippen molar-refractivity contribution in [2.75, 3.05) is 26.2 Å². The summed E-state index contributed by atoms with van der Waals surface area (Å²) in [5, 5.41) is 3.68. The largest absolute Gasteiger partial charge is 0.316 e. The number of hydrogen-bond donors (Lipinski definition) is 1. The maximum absolute atomic E-state index is 3.68. The van der Waals surface area contributed by atoms with E-state index < -0.39 is 0 Å². The molecule has 0 aromatic rings. The molecule has 2 heteroatoms.